The molecule has 4 N–H and O–H groups in total. The molecule has 0 bridgehead atoms. The van der Waals surface area contributed by atoms with Gasteiger partial charge >= 0.3 is 5.69 Å². The van der Waals surface area contributed by atoms with Gasteiger partial charge in [-0.25, -0.2) is 4.79 Å². The molecule has 8 heteroatoms. The lowest BCUT2D eigenvalue weighted by Crippen LogP contribution is -2.36. The van der Waals surface area contributed by atoms with E-state index in [9.17, 15) is 20.1 Å². The fourth-order valence-corrected chi connectivity index (χ4v) is 4.70. The summed E-state index contributed by atoms with van der Waals surface area (Å²) in [6.45, 7) is 2.59. The molecule has 1 saturated heterocycles. The van der Waals surface area contributed by atoms with Crippen LogP contribution in [0.1, 0.15) is 116 Å². The number of anilines is 1. The molecule has 1 fully saturated rings. The molecule has 1 aliphatic rings. The number of aromatic nitrogens is 2. The summed E-state index contributed by atoms with van der Waals surface area (Å²) in [5.74, 6) is 0.485. The summed E-state index contributed by atoms with van der Waals surface area (Å²) >= 11 is 0. The van der Waals surface area contributed by atoms with Gasteiger partial charge in [0, 0.05) is 12.7 Å². The third-order valence-electron chi connectivity index (χ3n) is 6.96. The molecule has 4 atom stereocenters. The molecule has 8 nitrogen and oxygen atoms in total. The largest absolute Gasteiger partial charge is 0.394 e. The molecule has 0 spiro atoms. The van der Waals surface area contributed by atoms with Gasteiger partial charge < -0.3 is 25.4 Å². The summed E-state index contributed by atoms with van der Waals surface area (Å²) in [5.41, 5.74) is -0.572. The Bertz CT molecular complexity index is 729. The van der Waals surface area contributed by atoms with Crippen LogP contribution in [-0.4, -0.2) is 56.3 Å². The van der Waals surface area contributed by atoms with Crippen LogP contribution in [0, 0.1) is 0 Å². The fraction of sp³-hybridized carbons (Fsp3) is 0.852. The van der Waals surface area contributed by atoms with Crippen LogP contribution >= 0.6 is 0 Å². The monoisotopic (exact) mass is 495 g/mol. The third-order valence-corrected chi connectivity index (χ3v) is 6.96. The lowest BCUT2D eigenvalue weighted by molar-refractivity contribution is -0.0549. The summed E-state index contributed by atoms with van der Waals surface area (Å²) < 4.78 is 6.53. The van der Waals surface area contributed by atoms with Crippen LogP contribution in [-0.2, 0) is 4.74 Å². The normalized spacial score (nSPS) is 22.1. The predicted octanol–water partition coefficient (Wildman–Crippen LogP) is 4.53. The highest BCUT2D eigenvalue weighted by Gasteiger charge is 2.43. The molecule has 0 aromatic carbocycles. The van der Waals surface area contributed by atoms with E-state index in [4.69, 9.17) is 4.74 Å². The molecule has 202 valence electrons. The number of aliphatic hydroxyl groups excluding tert-OH is 3. The van der Waals surface area contributed by atoms with Crippen molar-refractivity contribution in [1.29, 1.82) is 0 Å². The molecule has 0 amide bonds. The Morgan fingerprint density at radius 1 is 0.857 bits per heavy atom. The first-order chi connectivity index (χ1) is 17.1. The highest BCUT2D eigenvalue weighted by Crippen LogP contribution is 2.28. The second-order valence-corrected chi connectivity index (χ2v) is 9.96. The van der Waals surface area contributed by atoms with Crippen molar-refractivity contribution in [3.8, 4) is 0 Å². The van der Waals surface area contributed by atoms with Crippen molar-refractivity contribution < 1.29 is 20.1 Å². The minimum atomic E-state index is -1.30. The summed E-state index contributed by atoms with van der Waals surface area (Å²) in [6, 6.07) is 1.66. The standard InChI is InChI=1S/C27H49N3O5/c1-2-3-4-5-6-7-8-9-10-11-12-13-14-15-16-17-19-28-23-18-20-30(27(34)29-23)26-25(33)24(32)22(21-31)35-26/h18,20,22,24-26,31-33H,2-17,19,21H2,1H3,(H,28,29,34)/t22-,24-,25-,26-/m1/s1. The molecular weight excluding hydrogens is 446 g/mol. The van der Waals surface area contributed by atoms with Gasteiger partial charge in [0.05, 0.1) is 6.61 Å². The molecule has 1 aromatic heterocycles. The van der Waals surface area contributed by atoms with E-state index in [0.29, 0.717) is 5.82 Å². The van der Waals surface area contributed by atoms with E-state index < -0.39 is 36.8 Å². The topological polar surface area (TPSA) is 117 Å². The number of nitrogens with one attached hydrogen (secondary N) is 1. The number of unbranched alkanes of at least 4 members (excludes halogenated alkanes) is 15. The Morgan fingerprint density at radius 3 is 1.83 bits per heavy atom. The van der Waals surface area contributed by atoms with Gasteiger partial charge in [0.2, 0.25) is 0 Å². The van der Waals surface area contributed by atoms with Gasteiger partial charge in [-0.05, 0) is 12.5 Å². The van der Waals surface area contributed by atoms with Gasteiger partial charge in [0.15, 0.2) is 6.23 Å². The van der Waals surface area contributed by atoms with Gasteiger partial charge in [-0.2, -0.15) is 4.98 Å². The van der Waals surface area contributed by atoms with Crippen molar-refractivity contribution >= 4 is 5.82 Å². The molecule has 0 unspecified atom stereocenters. The predicted molar refractivity (Wildman–Crippen MR) is 140 cm³/mol. The van der Waals surface area contributed by atoms with Gasteiger partial charge in [0.1, 0.15) is 24.1 Å². The second kappa shape index (κ2) is 17.9. The SMILES string of the molecule is CCCCCCCCCCCCCCCCCCNc1ccn([C@@H]2O[C@H](CO)[C@@H](O)[C@H]2O)c(=O)n1. The number of rotatable bonds is 20. The number of hydrogen-bond acceptors (Lipinski definition) is 7. The highest BCUT2D eigenvalue weighted by atomic mass is 16.6. The molecule has 35 heavy (non-hydrogen) atoms. The molecule has 0 radical (unpaired) electrons. The lowest BCUT2D eigenvalue weighted by atomic mass is 10.0. The fourth-order valence-electron chi connectivity index (χ4n) is 4.70. The van der Waals surface area contributed by atoms with Crippen molar-refractivity contribution in [3.63, 3.8) is 0 Å². The van der Waals surface area contributed by atoms with Crippen molar-refractivity contribution in [2.75, 3.05) is 18.5 Å². The van der Waals surface area contributed by atoms with Crippen molar-refractivity contribution in [2.24, 2.45) is 0 Å². The Kier molecular flexibility index (Phi) is 15.2. The maximum Gasteiger partial charge on any atom is 0.351 e. The molecule has 1 aromatic rings. The van der Waals surface area contributed by atoms with Crippen molar-refractivity contribution in [2.45, 2.75) is 134 Å². The van der Waals surface area contributed by atoms with Gasteiger partial charge in [0.25, 0.3) is 0 Å². The summed E-state index contributed by atoms with van der Waals surface area (Å²) in [6.07, 6.45) is 18.3. The summed E-state index contributed by atoms with van der Waals surface area (Å²) in [4.78, 5) is 16.3. The molecular formula is C27H49N3O5. The Labute approximate surface area is 211 Å². The maximum atomic E-state index is 12.3. The van der Waals surface area contributed by atoms with Crippen molar-refractivity contribution in [1.82, 2.24) is 9.55 Å². The van der Waals surface area contributed by atoms with Gasteiger partial charge in [-0.15, -0.1) is 0 Å². The van der Waals surface area contributed by atoms with Crippen molar-refractivity contribution in [3.05, 3.63) is 22.7 Å². The summed E-state index contributed by atoms with van der Waals surface area (Å²) in [5, 5.41) is 32.3. The quantitative estimate of drug-likeness (QED) is 0.196. The zero-order valence-electron chi connectivity index (χ0n) is 21.7. The Morgan fingerprint density at radius 2 is 1.37 bits per heavy atom. The minimum absolute atomic E-state index is 0.435. The van der Waals surface area contributed by atoms with Crippen LogP contribution in [0.5, 0.6) is 0 Å². The van der Waals surface area contributed by atoms with Gasteiger partial charge in [-0.1, -0.05) is 103 Å². The highest BCUT2D eigenvalue weighted by molar-refractivity contribution is 5.31. The molecule has 2 rings (SSSR count). The van der Waals surface area contributed by atoms with E-state index in [0.717, 1.165) is 24.0 Å². The molecule has 2 heterocycles. The van der Waals surface area contributed by atoms with Crippen LogP contribution in [0.4, 0.5) is 5.82 Å². The minimum Gasteiger partial charge on any atom is -0.394 e. The van der Waals surface area contributed by atoms with Crippen LogP contribution < -0.4 is 11.0 Å². The third kappa shape index (κ3) is 11.0. The lowest BCUT2D eigenvalue weighted by Gasteiger charge is -2.17. The molecule has 0 aliphatic carbocycles. The van der Waals surface area contributed by atoms with E-state index >= 15 is 0 Å². The maximum absolute atomic E-state index is 12.3. The van der Waals surface area contributed by atoms with Crippen LogP contribution in [0.3, 0.4) is 0 Å². The Hall–Kier alpha value is -1.48. The number of ether oxygens (including phenoxy) is 1. The smallest absolute Gasteiger partial charge is 0.351 e. The second-order valence-electron chi connectivity index (χ2n) is 9.96. The Balaban J connectivity index is 1.46. The van der Waals surface area contributed by atoms with E-state index in [2.05, 4.69) is 17.2 Å². The van der Waals surface area contributed by atoms with E-state index in [-0.39, 0.29) is 0 Å². The van der Waals surface area contributed by atoms with Crippen LogP contribution in [0.15, 0.2) is 17.1 Å². The first kappa shape index (κ1) is 29.7. The van der Waals surface area contributed by atoms with E-state index in [1.54, 1.807) is 6.07 Å². The average Bonchev–Trinajstić information content (AvgIpc) is 3.14. The number of nitrogens with zero attached hydrogens (tertiary/aromatic N) is 2. The molecule has 0 saturated carbocycles. The zero-order valence-corrected chi connectivity index (χ0v) is 21.7. The first-order valence-electron chi connectivity index (χ1n) is 14.0. The number of aliphatic hydroxyl groups is 3. The van der Waals surface area contributed by atoms with Crippen LogP contribution in [0.25, 0.3) is 0 Å². The average molecular weight is 496 g/mol. The number of hydrogen-bond donors (Lipinski definition) is 4. The van der Waals surface area contributed by atoms with E-state index in [1.165, 1.54) is 96.1 Å². The van der Waals surface area contributed by atoms with Crippen LogP contribution in [0.2, 0.25) is 0 Å². The molecule has 1 aliphatic heterocycles. The summed E-state index contributed by atoms with van der Waals surface area (Å²) in [7, 11) is 0. The first-order valence-corrected chi connectivity index (χ1v) is 14.0. The van der Waals surface area contributed by atoms with Gasteiger partial charge in [-0.3, -0.25) is 4.57 Å². The zero-order chi connectivity index (χ0) is 25.3. The van der Waals surface area contributed by atoms with E-state index in [1.807, 2.05) is 0 Å².